The van der Waals surface area contributed by atoms with Crippen LogP contribution < -0.4 is 10.5 Å². The number of rotatable bonds is 7. The van der Waals surface area contributed by atoms with Gasteiger partial charge < -0.3 is 10.5 Å². The van der Waals surface area contributed by atoms with Gasteiger partial charge in [0.2, 0.25) is 0 Å². The molecular formula is C11H16N2O5S. The number of hydrogen-bond acceptors (Lipinski definition) is 6. The van der Waals surface area contributed by atoms with Crippen LogP contribution in [-0.2, 0) is 15.6 Å². The van der Waals surface area contributed by atoms with Crippen LogP contribution in [-0.4, -0.2) is 32.7 Å². The second-order valence-corrected chi connectivity index (χ2v) is 6.17. The molecule has 1 aromatic carbocycles. The van der Waals surface area contributed by atoms with Gasteiger partial charge in [-0.15, -0.1) is 0 Å². The van der Waals surface area contributed by atoms with Gasteiger partial charge in [-0.3, -0.25) is 10.1 Å². The van der Waals surface area contributed by atoms with Crippen molar-refractivity contribution in [3.63, 3.8) is 0 Å². The van der Waals surface area contributed by atoms with Gasteiger partial charge in [-0.1, -0.05) is 0 Å². The van der Waals surface area contributed by atoms with Gasteiger partial charge in [0.25, 0.3) is 5.69 Å². The molecule has 19 heavy (non-hydrogen) atoms. The van der Waals surface area contributed by atoms with Gasteiger partial charge in [-0.05, 0) is 19.0 Å². The summed E-state index contributed by atoms with van der Waals surface area (Å²) in [5, 5.41) is 10.7. The van der Waals surface area contributed by atoms with E-state index in [4.69, 9.17) is 10.5 Å². The summed E-state index contributed by atoms with van der Waals surface area (Å²) in [6.45, 7) is 0.283. The molecule has 2 N–H and O–H groups in total. The van der Waals surface area contributed by atoms with Gasteiger partial charge in [0, 0.05) is 17.7 Å². The Balaban J connectivity index is 3.04. The molecule has 0 spiro atoms. The highest BCUT2D eigenvalue weighted by Gasteiger charge is 2.18. The highest BCUT2D eigenvalue weighted by atomic mass is 32.2. The number of nitro groups is 1. The lowest BCUT2D eigenvalue weighted by atomic mass is 10.2. The molecule has 0 bridgehead atoms. The van der Waals surface area contributed by atoms with E-state index in [-0.39, 0.29) is 29.3 Å². The van der Waals surface area contributed by atoms with Crippen molar-refractivity contribution >= 4 is 15.5 Å². The molecular weight excluding hydrogens is 272 g/mol. The minimum absolute atomic E-state index is 0.0463. The lowest BCUT2D eigenvalue weighted by Crippen LogP contribution is -2.13. The third-order valence-corrected chi connectivity index (χ3v) is 4.17. The fourth-order valence-electron chi connectivity index (χ4n) is 1.60. The summed E-state index contributed by atoms with van der Waals surface area (Å²) >= 11 is 0. The van der Waals surface area contributed by atoms with Gasteiger partial charge >= 0.3 is 0 Å². The Bertz CT molecular complexity index is 556. The number of ether oxygens (including phenoxy) is 1. The Morgan fingerprint density at radius 1 is 1.42 bits per heavy atom. The normalized spacial score (nSPS) is 11.3. The molecule has 106 valence electrons. The zero-order valence-corrected chi connectivity index (χ0v) is 11.4. The van der Waals surface area contributed by atoms with E-state index in [1.807, 2.05) is 0 Å². The lowest BCUT2D eigenvalue weighted by Gasteiger charge is -2.08. The van der Waals surface area contributed by atoms with E-state index in [1.165, 1.54) is 25.3 Å². The van der Waals surface area contributed by atoms with Crippen LogP contribution in [0, 0.1) is 10.1 Å². The number of nitrogens with two attached hydrogens (primary N) is 1. The fraction of sp³-hybridized carbons (Fsp3) is 0.455. The van der Waals surface area contributed by atoms with Crippen molar-refractivity contribution in [2.75, 3.05) is 19.4 Å². The molecule has 0 saturated heterocycles. The topological polar surface area (TPSA) is 113 Å². The van der Waals surface area contributed by atoms with E-state index in [2.05, 4.69) is 0 Å². The summed E-state index contributed by atoms with van der Waals surface area (Å²) in [6, 6.07) is 3.89. The van der Waals surface area contributed by atoms with Crippen molar-refractivity contribution < 1.29 is 18.1 Å². The smallest absolute Gasteiger partial charge is 0.270 e. The predicted molar refractivity (Wildman–Crippen MR) is 70.8 cm³/mol. The number of nitro benzene ring substituents is 1. The molecule has 8 heteroatoms. The second-order valence-electron chi connectivity index (χ2n) is 3.99. The SMILES string of the molecule is COc1ccc([N+](=O)[O-])cc1CS(=O)(=O)CCCN. The molecule has 0 heterocycles. The van der Waals surface area contributed by atoms with Crippen LogP contribution in [0.1, 0.15) is 12.0 Å². The quantitative estimate of drug-likeness (QED) is 0.588. The Labute approximate surface area is 111 Å². The summed E-state index contributed by atoms with van der Waals surface area (Å²) < 4.78 is 28.7. The van der Waals surface area contributed by atoms with Crippen molar-refractivity contribution in [2.24, 2.45) is 5.73 Å². The molecule has 0 atom stereocenters. The van der Waals surface area contributed by atoms with Crippen molar-refractivity contribution in [3.05, 3.63) is 33.9 Å². The summed E-state index contributed by atoms with van der Waals surface area (Å²) in [5.74, 6) is -0.0189. The van der Waals surface area contributed by atoms with E-state index in [0.717, 1.165) is 0 Å². The zero-order valence-electron chi connectivity index (χ0n) is 10.5. The first kappa shape index (κ1) is 15.4. The van der Waals surface area contributed by atoms with Crippen LogP contribution in [0.5, 0.6) is 5.75 Å². The van der Waals surface area contributed by atoms with Crippen LogP contribution in [0.15, 0.2) is 18.2 Å². The molecule has 0 radical (unpaired) electrons. The van der Waals surface area contributed by atoms with Gasteiger partial charge in [0.1, 0.15) is 5.75 Å². The summed E-state index contributed by atoms with van der Waals surface area (Å²) in [5.41, 5.74) is 5.39. The Morgan fingerprint density at radius 2 is 2.11 bits per heavy atom. The van der Waals surface area contributed by atoms with E-state index < -0.39 is 14.8 Å². The first-order chi connectivity index (χ1) is 8.89. The van der Waals surface area contributed by atoms with Crippen LogP contribution >= 0.6 is 0 Å². The average molecular weight is 288 g/mol. The van der Waals surface area contributed by atoms with E-state index >= 15 is 0 Å². The summed E-state index contributed by atoms with van der Waals surface area (Å²) in [6.07, 6.45) is 0.361. The van der Waals surface area contributed by atoms with E-state index in [0.29, 0.717) is 12.2 Å². The Kier molecular flexibility index (Phi) is 5.25. The summed E-state index contributed by atoms with van der Waals surface area (Å²) in [7, 11) is -1.97. The van der Waals surface area contributed by atoms with Crippen LogP contribution in [0.2, 0.25) is 0 Å². The molecule has 0 aliphatic rings. The zero-order chi connectivity index (χ0) is 14.5. The van der Waals surface area contributed by atoms with Gasteiger partial charge in [-0.25, -0.2) is 8.42 Å². The number of hydrogen-bond donors (Lipinski definition) is 1. The largest absolute Gasteiger partial charge is 0.496 e. The average Bonchev–Trinajstić information content (AvgIpc) is 2.35. The highest BCUT2D eigenvalue weighted by Crippen LogP contribution is 2.26. The molecule has 1 rings (SSSR count). The van der Waals surface area contributed by atoms with E-state index in [9.17, 15) is 18.5 Å². The third-order valence-electron chi connectivity index (χ3n) is 2.51. The van der Waals surface area contributed by atoms with Gasteiger partial charge in [0.05, 0.1) is 23.5 Å². The van der Waals surface area contributed by atoms with Crippen molar-refractivity contribution in [1.82, 2.24) is 0 Å². The van der Waals surface area contributed by atoms with Gasteiger partial charge in [0.15, 0.2) is 9.84 Å². The Morgan fingerprint density at radius 3 is 2.63 bits per heavy atom. The van der Waals surface area contributed by atoms with Crippen molar-refractivity contribution in [1.29, 1.82) is 0 Å². The molecule has 0 aliphatic carbocycles. The summed E-state index contributed by atoms with van der Waals surface area (Å²) in [4.78, 5) is 10.1. The van der Waals surface area contributed by atoms with Crippen LogP contribution in [0.3, 0.4) is 0 Å². The number of nitrogens with zero attached hydrogens (tertiary/aromatic N) is 1. The Hall–Kier alpha value is -1.67. The molecule has 0 saturated carbocycles. The number of sulfone groups is 1. The number of methoxy groups -OCH3 is 1. The molecule has 0 fully saturated rings. The molecule has 0 aromatic heterocycles. The number of non-ortho nitro benzene ring substituents is 1. The van der Waals surface area contributed by atoms with Crippen molar-refractivity contribution in [2.45, 2.75) is 12.2 Å². The molecule has 0 amide bonds. The minimum Gasteiger partial charge on any atom is -0.496 e. The van der Waals surface area contributed by atoms with E-state index in [1.54, 1.807) is 0 Å². The molecule has 7 nitrogen and oxygen atoms in total. The lowest BCUT2D eigenvalue weighted by molar-refractivity contribution is -0.384. The number of benzene rings is 1. The van der Waals surface area contributed by atoms with Gasteiger partial charge in [-0.2, -0.15) is 0 Å². The van der Waals surface area contributed by atoms with Crippen LogP contribution in [0.25, 0.3) is 0 Å². The fourth-order valence-corrected chi connectivity index (χ4v) is 3.05. The highest BCUT2D eigenvalue weighted by molar-refractivity contribution is 7.90. The minimum atomic E-state index is -3.35. The maximum atomic E-state index is 11.8. The maximum absolute atomic E-state index is 11.8. The standard InChI is InChI=1S/C11H16N2O5S/c1-18-11-4-3-10(13(14)15)7-9(11)8-19(16,17)6-2-5-12/h3-4,7H,2,5-6,8,12H2,1H3. The second kappa shape index (κ2) is 6.48. The third kappa shape index (κ3) is 4.49. The van der Waals surface area contributed by atoms with Crippen LogP contribution in [0.4, 0.5) is 5.69 Å². The molecule has 0 unspecified atom stereocenters. The van der Waals surface area contributed by atoms with Crippen molar-refractivity contribution in [3.8, 4) is 5.75 Å². The first-order valence-corrected chi connectivity index (χ1v) is 7.43. The first-order valence-electron chi connectivity index (χ1n) is 5.61. The monoisotopic (exact) mass is 288 g/mol. The predicted octanol–water partition coefficient (Wildman–Crippen LogP) is 0.867. The maximum Gasteiger partial charge on any atom is 0.270 e. The molecule has 1 aromatic rings. The molecule has 0 aliphatic heterocycles.